The molecule has 3 N–H and O–H groups in total. The van der Waals surface area contributed by atoms with Crippen LogP contribution in [0.15, 0.2) is 73.1 Å². The van der Waals surface area contributed by atoms with Crippen molar-refractivity contribution in [2.45, 2.75) is 155 Å². The zero-order valence-corrected chi connectivity index (χ0v) is 32.5. The molecule has 288 valence electrons. The summed E-state index contributed by atoms with van der Waals surface area (Å²) in [5.41, 5.74) is 5.34. The Kier molecular flexibility index (Phi) is 36.3. The first kappa shape index (κ1) is 47.8. The largest absolute Gasteiger partial charge is 0.498 e. The standard InChI is InChI=1S/C41H72NO7P/c1-3-5-7-9-11-13-15-17-19-21-23-25-27-29-31-33-36-46-38-40(39-48-50(44,45)47-37-35-42)49-41(43)34-32-30-28-26-24-22-20-18-16-14-12-10-8-6-4-2/h6,8,12,14,17-20,24,26,33,36,40H,3-5,7,9-11,13,15-16,21-23,25,27-32,34-35,37-39,42H2,1-2H3,(H,44,45)/b8-6-,14-12-,19-17-,20-18-,26-24-,36-33-/t40-/m1/s1. The van der Waals surface area contributed by atoms with Gasteiger partial charge in [-0.2, -0.15) is 0 Å². The molecule has 0 radical (unpaired) electrons. The molecule has 0 aliphatic rings. The number of hydrogen-bond donors (Lipinski definition) is 2. The summed E-state index contributed by atoms with van der Waals surface area (Å²) in [4.78, 5) is 22.4. The number of nitrogens with two attached hydrogens (primary N) is 1. The van der Waals surface area contributed by atoms with Gasteiger partial charge in [-0.05, 0) is 89.5 Å². The van der Waals surface area contributed by atoms with Gasteiger partial charge in [-0.3, -0.25) is 13.8 Å². The highest BCUT2D eigenvalue weighted by Gasteiger charge is 2.25. The Hall–Kier alpha value is -2.22. The predicted octanol–water partition coefficient (Wildman–Crippen LogP) is 11.5. The molecule has 0 saturated carbocycles. The van der Waals surface area contributed by atoms with E-state index in [9.17, 15) is 14.3 Å². The highest BCUT2D eigenvalue weighted by atomic mass is 31.2. The van der Waals surface area contributed by atoms with Crippen LogP contribution in [0.4, 0.5) is 0 Å². The number of allylic oxidation sites excluding steroid dienone is 11. The fourth-order valence-electron chi connectivity index (χ4n) is 4.83. The van der Waals surface area contributed by atoms with Gasteiger partial charge in [-0.15, -0.1) is 0 Å². The molecule has 0 heterocycles. The molecule has 0 aliphatic heterocycles. The molecule has 0 aromatic heterocycles. The smallest absolute Gasteiger partial charge is 0.472 e. The second kappa shape index (κ2) is 38.0. The molecule has 0 aromatic rings. The van der Waals surface area contributed by atoms with Crippen LogP contribution in [0.1, 0.15) is 149 Å². The summed E-state index contributed by atoms with van der Waals surface area (Å²) in [7, 11) is -4.31. The molecule has 0 rings (SSSR count). The molecule has 0 amide bonds. The van der Waals surface area contributed by atoms with E-state index in [0.29, 0.717) is 6.42 Å². The van der Waals surface area contributed by atoms with Crippen molar-refractivity contribution in [3.05, 3.63) is 73.1 Å². The monoisotopic (exact) mass is 722 g/mol. The summed E-state index contributed by atoms with van der Waals surface area (Å²) in [6.45, 7) is 4.03. The van der Waals surface area contributed by atoms with Gasteiger partial charge in [0.1, 0.15) is 6.61 Å². The minimum absolute atomic E-state index is 0.00611. The average molecular weight is 722 g/mol. The van der Waals surface area contributed by atoms with Crippen LogP contribution < -0.4 is 5.73 Å². The molecular formula is C41H72NO7P. The maximum absolute atomic E-state index is 12.5. The Balaban J connectivity index is 4.25. The maximum atomic E-state index is 12.5. The van der Waals surface area contributed by atoms with Crippen LogP contribution >= 0.6 is 7.82 Å². The van der Waals surface area contributed by atoms with Crippen molar-refractivity contribution in [1.29, 1.82) is 0 Å². The fraction of sp³-hybridized carbons (Fsp3) is 0.683. The van der Waals surface area contributed by atoms with Crippen molar-refractivity contribution in [2.24, 2.45) is 5.73 Å². The van der Waals surface area contributed by atoms with Crippen LogP contribution in [0.5, 0.6) is 0 Å². The topological polar surface area (TPSA) is 117 Å². The summed E-state index contributed by atoms with van der Waals surface area (Å²) in [5.74, 6) is -0.399. The lowest BCUT2D eigenvalue weighted by atomic mass is 10.1. The van der Waals surface area contributed by atoms with Crippen LogP contribution in [-0.4, -0.2) is 43.3 Å². The summed E-state index contributed by atoms with van der Waals surface area (Å²) < 4.78 is 33.0. The molecule has 2 atom stereocenters. The molecule has 1 unspecified atom stereocenters. The lowest BCUT2D eigenvalue weighted by Crippen LogP contribution is -2.27. The first-order valence-corrected chi connectivity index (χ1v) is 21.0. The van der Waals surface area contributed by atoms with Gasteiger partial charge in [-0.25, -0.2) is 4.57 Å². The second-order valence-electron chi connectivity index (χ2n) is 12.5. The third-order valence-corrected chi connectivity index (χ3v) is 8.66. The first-order chi connectivity index (χ1) is 24.4. The van der Waals surface area contributed by atoms with Crippen molar-refractivity contribution in [3.63, 3.8) is 0 Å². The summed E-state index contributed by atoms with van der Waals surface area (Å²) in [6.07, 6.45) is 47.3. The zero-order valence-electron chi connectivity index (χ0n) is 31.6. The highest BCUT2D eigenvalue weighted by Crippen LogP contribution is 2.43. The Morgan fingerprint density at radius 1 is 0.640 bits per heavy atom. The second-order valence-corrected chi connectivity index (χ2v) is 13.9. The zero-order chi connectivity index (χ0) is 36.6. The van der Waals surface area contributed by atoms with Crippen LogP contribution in [0.3, 0.4) is 0 Å². The number of rotatable bonds is 36. The number of carbonyl (C=O) groups is 1. The van der Waals surface area contributed by atoms with Crippen molar-refractivity contribution in [2.75, 3.05) is 26.4 Å². The number of hydrogen-bond acceptors (Lipinski definition) is 7. The molecule has 0 bridgehead atoms. The van der Waals surface area contributed by atoms with Crippen molar-refractivity contribution >= 4 is 13.8 Å². The summed E-state index contributed by atoms with van der Waals surface area (Å²) in [5, 5.41) is 0. The Morgan fingerprint density at radius 2 is 1.14 bits per heavy atom. The molecule has 0 spiro atoms. The number of esters is 1. The number of unbranched alkanes of at least 4 members (excludes halogenated alkanes) is 13. The van der Waals surface area contributed by atoms with Crippen LogP contribution in [0.25, 0.3) is 0 Å². The Bertz CT molecular complexity index is 989. The van der Waals surface area contributed by atoms with Gasteiger partial charge in [0, 0.05) is 13.0 Å². The van der Waals surface area contributed by atoms with Crippen molar-refractivity contribution in [1.82, 2.24) is 0 Å². The van der Waals surface area contributed by atoms with Crippen molar-refractivity contribution < 1.29 is 32.8 Å². The number of phosphoric acid groups is 1. The Labute approximate surface area is 305 Å². The predicted molar refractivity (Wildman–Crippen MR) is 210 cm³/mol. The molecular weight excluding hydrogens is 649 g/mol. The average Bonchev–Trinajstić information content (AvgIpc) is 3.10. The van der Waals surface area contributed by atoms with Crippen LogP contribution in [-0.2, 0) is 27.9 Å². The molecule has 9 heteroatoms. The van der Waals surface area contributed by atoms with Gasteiger partial charge < -0.3 is 20.1 Å². The van der Waals surface area contributed by atoms with Gasteiger partial charge in [0.2, 0.25) is 0 Å². The van der Waals surface area contributed by atoms with Crippen LogP contribution in [0, 0.1) is 0 Å². The van der Waals surface area contributed by atoms with E-state index in [1.807, 2.05) is 6.08 Å². The maximum Gasteiger partial charge on any atom is 0.472 e. The highest BCUT2D eigenvalue weighted by molar-refractivity contribution is 7.47. The van der Waals surface area contributed by atoms with Gasteiger partial charge in [0.05, 0.1) is 19.5 Å². The van der Waals surface area contributed by atoms with E-state index in [1.54, 1.807) is 6.26 Å². The molecule has 0 fully saturated rings. The quantitative estimate of drug-likeness (QED) is 0.0216. The summed E-state index contributed by atoms with van der Waals surface area (Å²) in [6, 6.07) is 0. The minimum atomic E-state index is -4.31. The number of phosphoric ester groups is 1. The van der Waals surface area contributed by atoms with Gasteiger partial charge in [-0.1, -0.05) is 120 Å². The molecule has 50 heavy (non-hydrogen) atoms. The van der Waals surface area contributed by atoms with E-state index < -0.39 is 19.9 Å². The van der Waals surface area contributed by atoms with E-state index in [-0.39, 0.29) is 32.8 Å². The van der Waals surface area contributed by atoms with E-state index in [1.165, 1.54) is 64.2 Å². The molecule has 0 aromatic carbocycles. The van der Waals surface area contributed by atoms with Gasteiger partial charge >= 0.3 is 13.8 Å². The van der Waals surface area contributed by atoms with E-state index in [0.717, 1.165) is 57.8 Å². The van der Waals surface area contributed by atoms with E-state index >= 15 is 0 Å². The van der Waals surface area contributed by atoms with E-state index in [4.69, 9.17) is 24.3 Å². The van der Waals surface area contributed by atoms with E-state index in [2.05, 4.69) is 74.6 Å². The third kappa shape index (κ3) is 37.0. The normalized spacial score (nSPS) is 14.3. The molecule has 0 aliphatic carbocycles. The minimum Gasteiger partial charge on any atom is -0.498 e. The lowest BCUT2D eigenvalue weighted by Gasteiger charge is -2.19. The summed E-state index contributed by atoms with van der Waals surface area (Å²) >= 11 is 0. The lowest BCUT2D eigenvalue weighted by molar-refractivity contribution is -0.153. The van der Waals surface area contributed by atoms with Crippen LogP contribution in [0.2, 0.25) is 0 Å². The van der Waals surface area contributed by atoms with Crippen molar-refractivity contribution in [3.8, 4) is 0 Å². The van der Waals surface area contributed by atoms with Gasteiger partial charge in [0.15, 0.2) is 6.10 Å². The Morgan fingerprint density at radius 3 is 1.72 bits per heavy atom. The molecule has 8 nitrogen and oxygen atoms in total. The number of ether oxygens (including phenoxy) is 2. The van der Waals surface area contributed by atoms with Gasteiger partial charge in [0.25, 0.3) is 0 Å². The SMILES string of the molecule is CC/C=C\C/C=C\C/C=C\C/C=C\CCCCC(=O)O[C@H](CO/C=C\CCCCCC/C=C\CCCCCCCC)COP(=O)(O)OCCN. The number of carbonyl (C=O) groups excluding carboxylic acids is 1. The first-order valence-electron chi connectivity index (χ1n) is 19.5. The third-order valence-electron chi connectivity index (χ3n) is 7.67. The fourth-order valence-corrected chi connectivity index (χ4v) is 5.59. The molecule has 0 saturated heterocycles.